The number of hydrogen-bond acceptors (Lipinski definition) is 2. The van der Waals surface area contributed by atoms with Crippen LogP contribution in [0, 0.1) is 11.3 Å². The minimum absolute atomic E-state index is 0.0589. The van der Waals surface area contributed by atoms with E-state index in [1.807, 2.05) is 30.3 Å². The van der Waals surface area contributed by atoms with Gasteiger partial charge in [0, 0.05) is 6.54 Å². The molecule has 0 aromatic heterocycles. The number of carbonyl (C=O) groups is 1. The fourth-order valence-corrected chi connectivity index (χ4v) is 2.82. The number of nitrogens with one attached hydrogen (secondary N) is 1. The van der Waals surface area contributed by atoms with Gasteiger partial charge in [0.15, 0.2) is 0 Å². The van der Waals surface area contributed by atoms with Crippen LogP contribution in [0.1, 0.15) is 51.2 Å². The van der Waals surface area contributed by atoms with Crippen LogP contribution in [0.5, 0.6) is 0 Å². The van der Waals surface area contributed by atoms with E-state index in [0.717, 1.165) is 12.1 Å². The lowest BCUT2D eigenvalue weighted by atomic mass is 9.94. The Morgan fingerprint density at radius 2 is 1.95 bits per heavy atom. The predicted octanol–water partition coefficient (Wildman–Crippen LogP) is 3.05. The molecule has 1 aliphatic carbocycles. The summed E-state index contributed by atoms with van der Waals surface area (Å²) in [4.78, 5) is 11.9. The zero-order chi connectivity index (χ0) is 14.6. The van der Waals surface area contributed by atoms with Crippen molar-refractivity contribution in [3.63, 3.8) is 0 Å². The molecule has 20 heavy (non-hydrogen) atoms. The standard InChI is InChI=1S/C17H25NO2/c1-13(2)11-17(8-9-17)12-18-16(20)10-15(19)14-6-4-3-5-7-14/h3-7,13,15,19H,8-12H2,1-2H3,(H,18,20). The molecule has 1 aromatic carbocycles. The third kappa shape index (κ3) is 4.34. The Hall–Kier alpha value is -1.35. The van der Waals surface area contributed by atoms with Gasteiger partial charge in [0.2, 0.25) is 5.91 Å². The van der Waals surface area contributed by atoms with Crippen molar-refractivity contribution in [2.45, 2.75) is 45.6 Å². The number of hydrogen-bond donors (Lipinski definition) is 2. The van der Waals surface area contributed by atoms with Crippen molar-refractivity contribution in [3.8, 4) is 0 Å². The van der Waals surface area contributed by atoms with Crippen molar-refractivity contribution in [2.75, 3.05) is 6.54 Å². The van der Waals surface area contributed by atoms with Gasteiger partial charge in [0.05, 0.1) is 12.5 Å². The van der Waals surface area contributed by atoms with E-state index in [0.29, 0.717) is 11.3 Å². The lowest BCUT2D eigenvalue weighted by Crippen LogP contribution is -2.31. The Bertz CT molecular complexity index is 438. The maximum absolute atomic E-state index is 11.9. The molecule has 1 amide bonds. The van der Waals surface area contributed by atoms with Crippen LogP contribution in [0.2, 0.25) is 0 Å². The van der Waals surface area contributed by atoms with Gasteiger partial charge in [0.25, 0.3) is 0 Å². The Morgan fingerprint density at radius 3 is 2.50 bits per heavy atom. The number of rotatable bonds is 7. The first kappa shape index (κ1) is 15.0. The first-order valence-electron chi connectivity index (χ1n) is 7.50. The van der Waals surface area contributed by atoms with E-state index >= 15 is 0 Å². The van der Waals surface area contributed by atoms with Gasteiger partial charge < -0.3 is 10.4 Å². The highest BCUT2D eigenvalue weighted by atomic mass is 16.3. The van der Waals surface area contributed by atoms with Gasteiger partial charge in [-0.25, -0.2) is 0 Å². The first-order chi connectivity index (χ1) is 9.51. The fraction of sp³-hybridized carbons (Fsp3) is 0.588. The maximum atomic E-state index is 11.9. The van der Waals surface area contributed by atoms with Crippen LogP contribution in [-0.2, 0) is 4.79 Å². The average molecular weight is 275 g/mol. The van der Waals surface area contributed by atoms with E-state index in [4.69, 9.17) is 0 Å². The highest BCUT2D eigenvalue weighted by Crippen LogP contribution is 2.50. The zero-order valence-electron chi connectivity index (χ0n) is 12.4. The molecule has 110 valence electrons. The normalized spacial score (nSPS) is 17.8. The minimum atomic E-state index is -0.712. The van der Waals surface area contributed by atoms with Gasteiger partial charge in [-0.15, -0.1) is 0 Å². The molecular weight excluding hydrogens is 250 g/mol. The third-order valence-electron chi connectivity index (χ3n) is 4.02. The predicted molar refractivity (Wildman–Crippen MR) is 80.2 cm³/mol. The summed E-state index contributed by atoms with van der Waals surface area (Å²) in [7, 11) is 0. The molecule has 0 bridgehead atoms. The summed E-state index contributed by atoms with van der Waals surface area (Å²) in [5, 5.41) is 13.0. The van der Waals surface area contributed by atoms with Crippen molar-refractivity contribution in [1.29, 1.82) is 0 Å². The maximum Gasteiger partial charge on any atom is 0.222 e. The van der Waals surface area contributed by atoms with Crippen LogP contribution in [0.25, 0.3) is 0 Å². The summed E-state index contributed by atoms with van der Waals surface area (Å²) >= 11 is 0. The molecule has 0 aliphatic heterocycles. The molecule has 2 N–H and O–H groups in total. The van der Waals surface area contributed by atoms with Crippen LogP contribution in [0.15, 0.2) is 30.3 Å². The van der Waals surface area contributed by atoms with E-state index in [2.05, 4.69) is 19.2 Å². The molecule has 0 radical (unpaired) electrons. The summed E-state index contributed by atoms with van der Waals surface area (Å²) in [6.45, 7) is 5.20. The number of benzene rings is 1. The second-order valence-corrected chi connectivity index (χ2v) is 6.51. The molecule has 1 aliphatic rings. The monoisotopic (exact) mass is 275 g/mol. The molecule has 0 spiro atoms. The molecule has 0 heterocycles. The highest BCUT2D eigenvalue weighted by molar-refractivity contribution is 5.76. The van der Waals surface area contributed by atoms with Crippen LogP contribution < -0.4 is 5.32 Å². The van der Waals surface area contributed by atoms with Gasteiger partial charge in [-0.1, -0.05) is 44.2 Å². The molecule has 1 fully saturated rings. The largest absolute Gasteiger partial charge is 0.388 e. The number of carbonyl (C=O) groups excluding carboxylic acids is 1. The lowest BCUT2D eigenvalue weighted by molar-refractivity contribution is -0.123. The Morgan fingerprint density at radius 1 is 1.30 bits per heavy atom. The second kappa shape index (κ2) is 6.40. The number of amides is 1. The van der Waals surface area contributed by atoms with E-state index in [1.54, 1.807) is 0 Å². The molecule has 1 atom stereocenters. The van der Waals surface area contributed by atoms with E-state index in [1.165, 1.54) is 19.3 Å². The SMILES string of the molecule is CC(C)CC1(CNC(=O)CC(O)c2ccccc2)CC1. The van der Waals surface area contributed by atoms with Crippen molar-refractivity contribution < 1.29 is 9.90 Å². The van der Waals surface area contributed by atoms with Crippen molar-refractivity contribution in [1.82, 2.24) is 5.32 Å². The van der Waals surface area contributed by atoms with Gasteiger partial charge in [-0.05, 0) is 36.2 Å². The Balaban J connectivity index is 1.76. The molecule has 1 aromatic rings. The average Bonchev–Trinajstić information content (AvgIpc) is 3.17. The Kier molecular flexibility index (Phi) is 4.81. The summed E-state index contributed by atoms with van der Waals surface area (Å²) in [6.07, 6.45) is 3.03. The molecule has 1 unspecified atom stereocenters. The summed E-state index contributed by atoms with van der Waals surface area (Å²) in [6, 6.07) is 9.34. The van der Waals surface area contributed by atoms with E-state index in [9.17, 15) is 9.90 Å². The summed E-state index contributed by atoms with van der Waals surface area (Å²) in [5.74, 6) is 0.612. The molecule has 3 nitrogen and oxygen atoms in total. The van der Waals surface area contributed by atoms with Gasteiger partial charge in [-0.2, -0.15) is 0 Å². The lowest BCUT2D eigenvalue weighted by Gasteiger charge is -2.19. The van der Waals surface area contributed by atoms with Crippen molar-refractivity contribution in [3.05, 3.63) is 35.9 Å². The quantitative estimate of drug-likeness (QED) is 0.803. The first-order valence-corrected chi connectivity index (χ1v) is 7.50. The molecule has 3 heteroatoms. The van der Waals surface area contributed by atoms with Crippen LogP contribution in [-0.4, -0.2) is 17.6 Å². The highest BCUT2D eigenvalue weighted by Gasteiger charge is 2.42. The number of aliphatic hydroxyl groups excluding tert-OH is 1. The minimum Gasteiger partial charge on any atom is -0.388 e. The molecule has 1 saturated carbocycles. The summed E-state index contributed by atoms with van der Waals surface area (Å²) < 4.78 is 0. The van der Waals surface area contributed by atoms with E-state index in [-0.39, 0.29) is 12.3 Å². The van der Waals surface area contributed by atoms with Crippen molar-refractivity contribution in [2.24, 2.45) is 11.3 Å². The van der Waals surface area contributed by atoms with Crippen LogP contribution in [0.4, 0.5) is 0 Å². The molecular formula is C17H25NO2. The third-order valence-corrected chi connectivity index (χ3v) is 4.02. The van der Waals surface area contributed by atoms with Gasteiger partial charge in [0.1, 0.15) is 0 Å². The fourth-order valence-electron chi connectivity index (χ4n) is 2.82. The zero-order valence-corrected chi connectivity index (χ0v) is 12.4. The van der Waals surface area contributed by atoms with E-state index < -0.39 is 6.10 Å². The smallest absolute Gasteiger partial charge is 0.222 e. The van der Waals surface area contributed by atoms with Crippen molar-refractivity contribution >= 4 is 5.91 Å². The number of aliphatic hydroxyl groups is 1. The molecule has 0 saturated heterocycles. The van der Waals surface area contributed by atoms with Crippen LogP contribution >= 0.6 is 0 Å². The second-order valence-electron chi connectivity index (χ2n) is 6.51. The molecule has 2 rings (SSSR count). The summed E-state index contributed by atoms with van der Waals surface area (Å²) in [5.41, 5.74) is 1.13. The van der Waals surface area contributed by atoms with Gasteiger partial charge >= 0.3 is 0 Å². The Labute approximate surface area is 121 Å². The topological polar surface area (TPSA) is 49.3 Å². The van der Waals surface area contributed by atoms with Gasteiger partial charge in [-0.3, -0.25) is 4.79 Å². The van der Waals surface area contributed by atoms with Crippen LogP contribution in [0.3, 0.4) is 0 Å².